The van der Waals surface area contributed by atoms with Gasteiger partial charge in [0.2, 0.25) is 0 Å². The van der Waals surface area contributed by atoms with E-state index in [1.807, 2.05) is 49.4 Å². The van der Waals surface area contributed by atoms with Gasteiger partial charge in [-0.25, -0.2) is 4.79 Å². The topological polar surface area (TPSA) is 76.4 Å². The zero-order valence-electron chi connectivity index (χ0n) is 13.3. The Morgan fingerprint density at radius 3 is 2.88 bits per heavy atom. The fourth-order valence-electron chi connectivity index (χ4n) is 2.71. The summed E-state index contributed by atoms with van der Waals surface area (Å²) >= 11 is 3.40. The lowest BCUT2D eigenvalue weighted by molar-refractivity contribution is 0.262. The first-order valence-electron chi connectivity index (χ1n) is 7.67. The Morgan fingerprint density at radius 1 is 1.20 bits per heavy atom. The minimum atomic E-state index is -0.389. The number of ether oxygens (including phenoxy) is 1. The van der Waals surface area contributed by atoms with E-state index in [1.54, 1.807) is 0 Å². The van der Waals surface area contributed by atoms with Gasteiger partial charge in [0.25, 0.3) is 0 Å². The number of carbonyl (C=O) groups excluding carboxylic acids is 1. The van der Waals surface area contributed by atoms with Crippen LogP contribution in [0, 0.1) is 6.92 Å². The summed E-state index contributed by atoms with van der Waals surface area (Å²) in [5, 5.41) is 9.51. The summed E-state index contributed by atoms with van der Waals surface area (Å²) in [6.45, 7) is 2.21. The number of benzene rings is 2. The number of para-hydroxylation sites is 1. The number of nitrogens with zero attached hydrogens (tertiary/aromatic N) is 1. The standard InChI is InChI=1S/C18H14BrN3O3/c1-10-8-11(19)6-7-14(10)20-18(23)21-17-13-9-24-15-5-3-2-4-12(15)16(13)25-22-17/h2-8H,9H2,1H3,(H2,20,21,22,23). The van der Waals surface area contributed by atoms with Crippen LogP contribution in [-0.4, -0.2) is 11.2 Å². The summed E-state index contributed by atoms with van der Waals surface area (Å²) in [7, 11) is 0. The van der Waals surface area contributed by atoms with Gasteiger partial charge in [-0.2, -0.15) is 0 Å². The Labute approximate surface area is 152 Å². The maximum Gasteiger partial charge on any atom is 0.324 e. The van der Waals surface area contributed by atoms with Crippen LogP contribution in [0.2, 0.25) is 0 Å². The van der Waals surface area contributed by atoms with Crippen LogP contribution in [0.1, 0.15) is 11.1 Å². The van der Waals surface area contributed by atoms with Crippen molar-refractivity contribution in [2.75, 3.05) is 10.6 Å². The van der Waals surface area contributed by atoms with Gasteiger partial charge in [0.15, 0.2) is 11.6 Å². The van der Waals surface area contributed by atoms with Crippen molar-refractivity contribution >= 4 is 33.5 Å². The van der Waals surface area contributed by atoms with Crippen molar-refractivity contribution < 1.29 is 14.1 Å². The minimum absolute atomic E-state index is 0.294. The molecule has 6 nitrogen and oxygen atoms in total. The van der Waals surface area contributed by atoms with Crippen LogP contribution in [-0.2, 0) is 6.61 Å². The van der Waals surface area contributed by atoms with Crippen molar-refractivity contribution in [1.82, 2.24) is 5.16 Å². The monoisotopic (exact) mass is 399 g/mol. The number of carbonyl (C=O) groups is 1. The second-order valence-corrected chi connectivity index (χ2v) is 6.58. The van der Waals surface area contributed by atoms with Gasteiger partial charge in [0, 0.05) is 10.2 Å². The Balaban J connectivity index is 1.55. The zero-order valence-corrected chi connectivity index (χ0v) is 14.9. The first-order valence-corrected chi connectivity index (χ1v) is 8.46. The number of fused-ring (bicyclic) bond motifs is 3. The minimum Gasteiger partial charge on any atom is -0.488 e. The van der Waals surface area contributed by atoms with E-state index in [0.717, 1.165) is 32.6 Å². The maximum atomic E-state index is 12.3. The molecule has 0 aliphatic carbocycles. The Hall–Kier alpha value is -2.80. The normalized spacial score (nSPS) is 11.9. The summed E-state index contributed by atoms with van der Waals surface area (Å²) < 4.78 is 12.1. The first kappa shape index (κ1) is 15.7. The summed E-state index contributed by atoms with van der Waals surface area (Å²) in [4.78, 5) is 12.3. The molecule has 3 aromatic rings. The molecule has 2 heterocycles. The molecule has 0 radical (unpaired) electrons. The van der Waals surface area contributed by atoms with Crippen molar-refractivity contribution in [2.45, 2.75) is 13.5 Å². The van der Waals surface area contributed by atoms with E-state index < -0.39 is 0 Å². The number of nitrogens with one attached hydrogen (secondary N) is 2. The van der Waals surface area contributed by atoms with E-state index in [1.165, 1.54) is 0 Å². The largest absolute Gasteiger partial charge is 0.488 e. The van der Waals surface area contributed by atoms with Gasteiger partial charge in [-0.05, 0) is 42.8 Å². The lowest BCUT2D eigenvalue weighted by Crippen LogP contribution is -2.21. The van der Waals surface area contributed by atoms with E-state index in [-0.39, 0.29) is 6.03 Å². The molecule has 0 saturated heterocycles. The molecule has 0 atom stereocenters. The van der Waals surface area contributed by atoms with Crippen molar-refractivity contribution in [3.8, 4) is 17.1 Å². The van der Waals surface area contributed by atoms with Gasteiger partial charge < -0.3 is 14.6 Å². The smallest absolute Gasteiger partial charge is 0.324 e. The Kier molecular flexibility index (Phi) is 3.93. The lowest BCUT2D eigenvalue weighted by Gasteiger charge is -2.16. The summed E-state index contributed by atoms with van der Waals surface area (Å²) in [5.74, 6) is 1.72. The summed E-state index contributed by atoms with van der Waals surface area (Å²) in [5.41, 5.74) is 3.22. The number of aryl methyl sites for hydroxylation is 1. The zero-order chi connectivity index (χ0) is 17.4. The van der Waals surface area contributed by atoms with E-state index >= 15 is 0 Å². The molecule has 25 heavy (non-hydrogen) atoms. The van der Waals surface area contributed by atoms with Gasteiger partial charge in [-0.15, -0.1) is 0 Å². The van der Waals surface area contributed by atoms with E-state index in [9.17, 15) is 4.79 Å². The number of hydrogen-bond donors (Lipinski definition) is 2. The molecule has 0 spiro atoms. The lowest BCUT2D eigenvalue weighted by atomic mass is 10.1. The van der Waals surface area contributed by atoms with Gasteiger partial charge >= 0.3 is 6.03 Å². The van der Waals surface area contributed by atoms with Crippen LogP contribution >= 0.6 is 15.9 Å². The molecule has 1 aromatic heterocycles. The van der Waals surface area contributed by atoms with Crippen LogP contribution in [0.5, 0.6) is 5.75 Å². The van der Waals surface area contributed by atoms with Crippen LogP contribution in [0.15, 0.2) is 51.5 Å². The number of aromatic nitrogens is 1. The van der Waals surface area contributed by atoms with Crippen molar-refractivity contribution in [2.24, 2.45) is 0 Å². The highest BCUT2D eigenvalue weighted by Gasteiger charge is 2.26. The molecular weight excluding hydrogens is 386 g/mol. The molecule has 7 heteroatoms. The van der Waals surface area contributed by atoms with Gasteiger partial charge in [-0.1, -0.05) is 33.2 Å². The highest BCUT2D eigenvalue weighted by molar-refractivity contribution is 9.10. The van der Waals surface area contributed by atoms with E-state index in [2.05, 4.69) is 31.7 Å². The number of amides is 2. The fourth-order valence-corrected chi connectivity index (χ4v) is 3.19. The Morgan fingerprint density at radius 2 is 2.04 bits per heavy atom. The number of anilines is 2. The number of hydrogen-bond acceptors (Lipinski definition) is 4. The third kappa shape index (κ3) is 2.98. The molecule has 1 aliphatic heterocycles. The average Bonchev–Trinajstić information content (AvgIpc) is 3.01. The second-order valence-electron chi connectivity index (χ2n) is 5.66. The molecule has 2 N–H and O–H groups in total. The molecule has 2 amide bonds. The predicted molar refractivity (Wildman–Crippen MR) is 97.8 cm³/mol. The molecular formula is C18H14BrN3O3. The fraction of sp³-hybridized carbons (Fsp3) is 0.111. The first-order chi connectivity index (χ1) is 12.1. The summed E-state index contributed by atoms with van der Waals surface area (Å²) in [6.07, 6.45) is 0. The predicted octanol–water partition coefficient (Wildman–Crippen LogP) is 4.95. The quantitative estimate of drug-likeness (QED) is 0.638. The van der Waals surface area contributed by atoms with Crippen molar-refractivity contribution in [3.63, 3.8) is 0 Å². The Bertz CT molecular complexity index is 968. The van der Waals surface area contributed by atoms with Crippen molar-refractivity contribution in [3.05, 3.63) is 58.1 Å². The third-order valence-electron chi connectivity index (χ3n) is 3.96. The second kappa shape index (κ2) is 6.25. The van der Waals surface area contributed by atoms with E-state index in [4.69, 9.17) is 9.26 Å². The van der Waals surface area contributed by atoms with Crippen LogP contribution in [0.4, 0.5) is 16.3 Å². The molecule has 126 valence electrons. The number of urea groups is 1. The molecule has 0 bridgehead atoms. The molecule has 2 aromatic carbocycles. The maximum absolute atomic E-state index is 12.3. The average molecular weight is 400 g/mol. The molecule has 0 unspecified atom stereocenters. The van der Waals surface area contributed by atoms with Crippen molar-refractivity contribution in [1.29, 1.82) is 0 Å². The third-order valence-corrected chi connectivity index (χ3v) is 4.45. The molecule has 0 fully saturated rings. The van der Waals surface area contributed by atoms with Crippen LogP contribution < -0.4 is 15.4 Å². The number of halogens is 1. The van der Waals surface area contributed by atoms with Gasteiger partial charge in [0.05, 0.1) is 11.1 Å². The highest BCUT2D eigenvalue weighted by Crippen LogP contribution is 2.40. The molecule has 0 saturated carbocycles. The van der Waals surface area contributed by atoms with Crippen LogP contribution in [0.3, 0.4) is 0 Å². The molecule has 4 rings (SSSR count). The van der Waals surface area contributed by atoms with Crippen LogP contribution in [0.25, 0.3) is 11.3 Å². The van der Waals surface area contributed by atoms with Gasteiger partial charge in [0.1, 0.15) is 12.4 Å². The number of rotatable bonds is 2. The molecule has 1 aliphatic rings. The van der Waals surface area contributed by atoms with E-state index in [0.29, 0.717) is 18.2 Å². The summed E-state index contributed by atoms with van der Waals surface area (Å²) in [6, 6.07) is 12.8. The SMILES string of the molecule is Cc1cc(Br)ccc1NC(=O)Nc1noc2c1COc1ccccc1-2. The van der Waals surface area contributed by atoms with Gasteiger partial charge in [-0.3, -0.25) is 5.32 Å². The highest BCUT2D eigenvalue weighted by atomic mass is 79.9.